The number of allylic oxidation sites excluding steroid dienone is 17. The standard InChI is InChI=1S/C13H10.C10H18.C10H12.C9H10.C9H8.2C8H8.C5H10.C5H6/c1-3-7-12-10(5-1)9-11-6-2-4-8-13(11)12;2*1-2-6-10-8-4-3-7-9(10)5-1;2*1-2-5-9-7-3-6-8(9)4-1;2*1-3-7-5-2-6-8(7)4-1;2*1-2-4-5-3-1/h1-8H,9H2;9-10H,1-8H2;1-2,5-6H,3-4,7-8H2;1-2,4-5H,3,6-7H2;1-6H,7H2;1-3,6H,4-5H2;1-3,5H,4,6H2;1-5H2;1-4H,5H2. The third kappa shape index (κ3) is 17.4. The first kappa shape index (κ1) is 55.5. The van der Waals surface area contributed by atoms with E-state index in [2.05, 4.69) is 206 Å². The van der Waals surface area contributed by atoms with Gasteiger partial charge in [0.2, 0.25) is 0 Å². The maximum atomic E-state index is 2.26. The Balaban J connectivity index is 0.000000107. The SMILES string of the molecule is C1=CC2=C(C1)CC=C2.C1=CC2=C(C=CC2)C1.C1=CCC=C1.C1=Cc2ccccc2C1.C1CCC2CCCCC2C1.C1CCCC1.c1ccc2c(c1)CCC2.c1ccc2c(c1)CCCC2.c1ccc2c(c1)Cc1ccccc1-2. The van der Waals surface area contributed by atoms with Crippen molar-refractivity contribution in [3.8, 4) is 11.1 Å². The molecule has 0 heteroatoms. The Morgan fingerprint density at radius 1 is 0.286 bits per heavy atom. The van der Waals surface area contributed by atoms with Gasteiger partial charge in [0, 0.05) is 0 Å². The maximum absolute atomic E-state index is 2.26. The number of hydrogen-bond acceptors (Lipinski definition) is 0. The molecule has 0 aliphatic heterocycles. The summed E-state index contributed by atoms with van der Waals surface area (Å²) in [5, 5.41) is 0. The van der Waals surface area contributed by atoms with Gasteiger partial charge in [0.05, 0.1) is 0 Å². The van der Waals surface area contributed by atoms with Gasteiger partial charge in [0.1, 0.15) is 0 Å². The molecule has 398 valence electrons. The van der Waals surface area contributed by atoms with Crippen LogP contribution in [0.5, 0.6) is 0 Å². The van der Waals surface area contributed by atoms with Gasteiger partial charge in [0.15, 0.2) is 0 Å². The van der Waals surface area contributed by atoms with E-state index in [-0.39, 0.29) is 0 Å². The van der Waals surface area contributed by atoms with Crippen molar-refractivity contribution in [3.05, 3.63) is 267 Å². The highest BCUT2D eigenvalue weighted by Gasteiger charge is 2.27. The van der Waals surface area contributed by atoms with Gasteiger partial charge in [-0.15, -0.1) is 0 Å². The first-order valence-corrected chi connectivity index (χ1v) is 30.7. The molecule has 0 spiro atoms. The van der Waals surface area contributed by atoms with E-state index in [4.69, 9.17) is 0 Å². The van der Waals surface area contributed by atoms with E-state index >= 15 is 0 Å². The fourth-order valence-electron chi connectivity index (χ4n) is 13.1. The maximum Gasteiger partial charge on any atom is -0.00135 e. The van der Waals surface area contributed by atoms with Gasteiger partial charge in [-0.25, -0.2) is 0 Å². The van der Waals surface area contributed by atoms with E-state index in [0.29, 0.717) is 0 Å². The Labute approximate surface area is 467 Å². The molecule has 0 saturated heterocycles. The molecule has 0 aromatic heterocycles. The normalized spacial score (nSPS) is 20.4. The summed E-state index contributed by atoms with van der Waals surface area (Å²) in [5.41, 5.74) is 21.0. The minimum atomic E-state index is 1.10. The van der Waals surface area contributed by atoms with Gasteiger partial charge in [-0.05, 0) is 174 Å². The van der Waals surface area contributed by atoms with Crippen LogP contribution in [0.2, 0.25) is 0 Å². The molecule has 5 aromatic rings. The van der Waals surface area contributed by atoms with Crippen LogP contribution >= 0.6 is 0 Å². The van der Waals surface area contributed by atoms with Crippen LogP contribution in [-0.2, 0) is 38.5 Å². The molecule has 0 bridgehead atoms. The van der Waals surface area contributed by atoms with Gasteiger partial charge in [-0.2, -0.15) is 0 Å². The van der Waals surface area contributed by atoms with Gasteiger partial charge >= 0.3 is 0 Å². The second kappa shape index (κ2) is 31.2. The summed E-state index contributed by atoms with van der Waals surface area (Å²) in [6, 6.07) is 43.3. The third-order valence-corrected chi connectivity index (χ3v) is 17.5. The number of fused-ring (bicyclic) bond motifs is 7. The largest absolute Gasteiger partial charge is 0.0808 e. The van der Waals surface area contributed by atoms with Crippen molar-refractivity contribution < 1.29 is 0 Å². The van der Waals surface area contributed by atoms with Crippen LogP contribution in [-0.4, -0.2) is 0 Å². The molecule has 0 radical (unpaired) electrons. The molecule has 77 heavy (non-hydrogen) atoms. The van der Waals surface area contributed by atoms with Crippen molar-refractivity contribution in [2.24, 2.45) is 11.8 Å². The first-order chi connectivity index (χ1) is 38.2. The van der Waals surface area contributed by atoms with Gasteiger partial charge < -0.3 is 0 Å². The van der Waals surface area contributed by atoms with Crippen LogP contribution in [0, 0.1) is 11.8 Å². The molecular weight excluding hydrogens is 925 g/mol. The minimum absolute atomic E-state index is 1.10. The fourth-order valence-corrected chi connectivity index (χ4v) is 13.1. The third-order valence-electron chi connectivity index (χ3n) is 17.5. The summed E-state index contributed by atoms with van der Waals surface area (Å²) in [7, 11) is 0. The summed E-state index contributed by atoms with van der Waals surface area (Å²) in [6.07, 6.45) is 67.8. The van der Waals surface area contributed by atoms with Crippen LogP contribution in [0.3, 0.4) is 0 Å². The Hall–Kier alpha value is -6.24. The number of benzene rings is 5. The molecule has 17 rings (SSSR count). The lowest BCUT2D eigenvalue weighted by Crippen LogP contribution is -2.22. The second-order valence-electron chi connectivity index (χ2n) is 22.9. The molecule has 12 aliphatic rings. The smallest absolute Gasteiger partial charge is 0.00135 e. The van der Waals surface area contributed by atoms with Crippen molar-refractivity contribution in [1.29, 1.82) is 0 Å². The lowest BCUT2D eigenvalue weighted by Gasteiger charge is -2.35. The van der Waals surface area contributed by atoms with Crippen LogP contribution in [0.1, 0.15) is 179 Å². The molecule has 0 amide bonds. The van der Waals surface area contributed by atoms with Crippen LogP contribution < -0.4 is 0 Å². The second-order valence-corrected chi connectivity index (χ2v) is 22.9. The van der Waals surface area contributed by atoms with Gasteiger partial charge in [-0.3, -0.25) is 0 Å². The Morgan fingerprint density at radius 2 is 0.675 bits per heavy atom. The average Bonchev–Trinajstić information content (AvgIpc) is 4.34. The van der Waals surface area contributed by atoms with Gasteiger partial charge in [0.25, 0.3) is 0 Å². The van der Waals surface area contributed by atoms with Crippen molar-refractivity contribution in [3.63, 3.8) is 0 Å². The minimum Gasteiger partial charge on any atom is -0.0808 e. The van der Waals surface area contributed by atoms with E-state index in [1.54, 1.807) is 53.5 Å². The highest BCUT2D eigenvalue weighted by Crippen LogP contribution is 2.40. The molecule has 3 saturated carbocycles. The lowest BCUT2D eigenvalue weighted by molar-refractivity contribution is 0.171. The van der Waals surface area contributed by atoms with Crippen LogP contribution in [0.25, 0.3) is 17.2 Å². The summed E-state index contributed by atoms with van der Waals surface area (Å²) in [5.74, 6) is 2.31. The Kier molecular flexibility index (Phi) is 22.5. The topological polar surface area (TPSA) is 0 Å². The van der Waals surface area contributed by atoms with Crippen molar-refractivity contribution in [2.45, 2.75) is 173 Å². The van der Waals surface area contributed by atoms with E-state index in [1.165, 1.54) is 179 Å². The predicted octanol–water partition coefficient (Wildman–Crippen LogP) is 21.5. The van der Waals surface area contributed by atoms with Crippen LogP contribution in [0.15, 0.2) is 223 Å². The first-order valence-electron chi connectivity index (χ1n) is 30.7. The highest BCUT2D eigenvalue weighted by molar-refractivity contribution is 5.76. The van der Waals surface area contributed by atoms with E-state index in [9.17, 15) is 0 Å². The Bertz CT molecular complexity index is 2720. The summed E-state index contributed by atoms with van der Waals surface area (Å²) in [4.78, 5) is 0. The summed E-state index contributed by atoms with van der Waals surface area (Å²) >= 11 is 0. The van der Waals surface area contributed by atoms with Crippen molar-refractivity contribution in [2.75, 3.05) is 0 Å². The molecule has 0 nitrogen and oxygen atoms in total. The zero-order valence-corrected chi connectivity index (χ0v) is 46.9. The zero-order valence-electron chi connectivity index (χ0n) is 46.9. The summed E-state index contributed by atoms with van der Waals surface area (Å²) < 4.78 is 0. The molecule has 0 N–H and O–H groups in total. The van der Waals surface area contributed by atoms with Crippen LogP contribution in [0.4, 0.5) is 0 Å². The number of aryl methyl sites for hydroxylation is 4. The number of rotatable bonds is 0. The molecule has 3 fully saturated rings. The van der Waals surface area contributed by atoms with Crippen molar-refractivity contribution in [1.82, 2.24) is 0 Å². The highest BCUT2D eigenvalue weighted by atomic mass is 14.3. The lowest BCUT2D eigenvalue weighted by atomic mass is 9.71. The molecular formula is C77H90. The monoisotopic (exact) mass is 1010 g/mol. The van der Waals surface area contributed by atoms with E-state index in [0.717, 1.165) is 31.1 Å². The molecule has 0 unspecified atom stereocenters. The Morgan fingerprint density at radius 3 is 1.10 bits per heavy atom. The molecule has 12 aliphatic carbocycles. The molecule has 5 aromatic carbocycles. The fraction of sp³-hybridized carbons (Fsp3) is 0.377. The molecule has 0 atom stereocenters. The number of hydrogen-bond donors (Lipinski definition) is 0. The zero-order chi connectivity index (χ0) is 52.4. The quantitative estimate of drug-likeness (QED) is 0.142. The predicted molar refractivity (Wildman–Crippen MR) is 334 cm³/mol. The van der Waals surface area contributed by atoms with Gasteiger partial charge in [-0.1, -0.05) is 295 Å². The average molecular weight is 1020 g/mol. The van der Waals surface area contributed by atoms with Crippen molar-refractivity contribution >= 4 is 6.08 Å². The van der Waals surface area contributed by atoms with E-state index in [1.807, 2.05) is 0 Å². The van der Waals surface area contributed by atoms with E-state index < -0.39 is 0 Å². The molecule has 0 heterocycles. The summed E-state index contributed by atoms with van der Waals surface area (Å²) in [6.45, 7) is 0.